The summed E-state index contributed by atoms with van der Waals surface area (Å²) in [6.45, 7) is 12.5. The predicted molar refractivity (Wildman–Crippen MR) is 140 cm³/mol. The van der Waals surface area contributed by atoms with Crippen molar-refractivity contribution >= 4 is 28.5 Å². The van der Waals surface area contributed by atoms with Crippen molar-refractivity contribution in [2.75, 3.05) is 12.4 Å². The van der Waals surface area contributed by atoms with E-state index < -0.39 is 0 Å². The van der Waals surface area contributed by atoms with E-state index in [1.165, 1.54) is 5.57 Å². The van der Waals surface area contributed by atoms with Crippen LogP contribution in [0.2, 0.25) is 0 Å². The number of aryl methyl sites for hydroxylation is 3. The minimum absolute atomic E-state index is 0.218. The first-order chi connectivity index (χ1) is 16.2. The molecule has 1 aromatic carbocycles. The number of nitrogens with zero attached hydrogens (tertiary/aromatic N) is 3. The fraction of sp³-hybridized carbons (Fsp3) is 0.393. The number of allylic oxidation sites excluding steroid dienone is 4. The number of anilines is 1. The van der Waals surface area contributed by atoms with Crippen LogP contribution < -0.4 is 5.32 Å². The van der Waals surface area contributed by atoms with Crippen molar-refractivity contribution < 1.29 is 9.53 Å². The largest absolute Gasteiger partial charge is 0.500 e. The molecule has 0 aliphatic carbocycles. The summed E-state index contributed by atoms with van der Waals surface area (Å²) in [6, 6.07) is 9.71. The van der Waals surface area contributed by atoms with Gasteiger partial charge in [-0.2, -0.15) is 0 Å². The van der Waals surface area contributed by atoms with Crippen molar-refractivity contribution in [2.45, 2.75) is 60.8 Å². The van der Waals surface area contributed by atoms with E-state index in [1.54, 1.807) is 13.2 Å². The van der Waals surface area contributed by atoms with E-state index >= 15 is 0 Å². The molecule has 0 radical (unpaired) electrons. The molecule has 0 saturated carbocycles. The first kappa shape index (κ1) is 25.2. The molecule has 0 bridgehead atoms. The van der Waals surface area contributed by atoms with Gasteiger partial charge in [0.2, 0.25) is 5.95 Å². The maximum Gasteiger partial charge on any atom is 0.258 e. The molecule has 0 aliphatic heterocycles. The molecule has 2 heterocycles. The first-order valence-corrected chi connectivity index (χ1v) is 11.9. The number of methoxy groups -OCH3 is 1. The van der Waals surface area contributed by atoms with Gasteiger partial charge >= 0.3 is 0 Å². The zero-order chi connectivity index (χ0) is 25.0. The number of benzene rings is 1. The summed E-state index contributed by atoms with van der Waals surface area (Å²) in [5, 5.41) is 2.99. The third-order valence-corrected chi connectivity index (χ3v) is 6.28. The fourth-order valence-electron chi connectivity index (χ4n) is 4.09. The summed E-state index contributed by atoms with van der Waals surface area (Å²) < 4.78 is 7.71. The first-order valence-electron chi connectivity index (χ1n) is 11.9. The molecule has 3 rings (SSSR count). The second-order valence-electron chi connectivity index (χ2n) is 8.83. The number of hydrogen-bond acceptors (Lipinski definition) is 4. The molecule has 2 aromatic heterocycles. The zero-order valence-electron chi connectivity index (χ0n) is 21.7. The highest BCUT2D eigenvalue weighted by Gasteiger charge is 2.19. The molecule has 0 aliphatic rings. The number of hydrogen-bond donors (Lipinski definition) is 1. The van der Waals surface area contributed by atoms with Gasteiger partial charge in [0.05, 0.1) is 23.8 Å². The van der Waals surface area contributed by atoms with Gasteiger partial charge in [-0.25, -0.2) is 4.98 Å². The molecule has 3 aromatic rings. The van der Waals surface area contributed by atoms with Crippen LogP contribution in [0.15, 0.2) is 47.2 Å². The van der Waals surface area contributed by atoms with Gasteiger partial charge in [-0.1, -0.05) is 25.5 Å². The highest BCUT2D eigenvalue weighted by molar-refractivity contribution is 6.04. The number of carbonyl (C=O) groups is 1. The number of imidazole rings is 1. The summed E-state index contributed by atoms with van der Waals surface area (Å²) in [4.78, 5) is 22.7. The van der Waals surface area contributed by atoms with Gasteiger partial charge in [0.15, 0.2) is 0 Å². The molecule has 34 heavy (non-hydrogen) atoms. The normalized spacial score (nSPS) is 12.9. The lowest BCUT2D eigenvalue weighted by atomic mass is 9.94. The Hall–Kier alpha value is -3.41. The highest BCUT2D eigenvalue weighted by Crippen LogP contribution is 2.32. The van der Waals surface area contributed by atoms with Crippen LogP contribution >= 0.6 is 0 Å². The maximum absolute atomic E-state index is 13.3. The Morgan fingerprint density at radius 1 is 1.09 bits per heavy atom. The Morgan fingerprint density at radius 2 is 1.82 bits per heavy atom. The third-order valence-electron chi connectivity index (χ3n) is 6.28. The van der Waals surface area contributed by atoms with E-state index in [-0.39, 0.29) is 5.91 Å². The monoisotopic (exact) mass is 460 g/mol. The van der Waals surface area contributed by atoms with Crippen molar-refractivity contribution in [3.8, 4) is 0 Å². The summed E-state index contributed by atoms with van der Waals surface area (Å²) in [6.07, 6.45) is 2.69. The van der Waals surface area contributed by atoms with Crippen LogP contribution in [0.4, 0.5) is 5.95 Å². The lowest BCUT2D eigenvalue weighted by Crippen LogP contribution is -2.16. The van der Waals surface area contributed by atoms with Crippen molar-refractivity contribution in [1.29, 1.82) is 0 Å². The van der Waals surface area contributed by atoms with Gasteiger partial charge in [0, 0.05) is 30.3 Å². The van der Waals surface area contributed by atoms with E-state index in [0.717, 1.165) is 64.2 Å². The summed E-state index contributed by atoms with van der Waals surface area (Å²) >= 11 is 0. The summed E-state index contributed by atoms with van der Waals surface area (Å²) in [5.74, 6) is 1.19. The standard InChI is InChI=1S/C28H36N4O2/c1-9-11-25(34-8)26(20(6)18(4)10-2)23-16-21(15-19(5)29-23)27(33)31-28-30-22-13-12-17(3)14-24(22)32(28)7/h12-16H,9-11H2,1-8H3,(H,30,31,33)/b20-18-,26-25-. The zero-order valence-corrected chi connectivity index (χ0v) is 21.7. The number of pyridine rings is 1. The Balaban J connectivity index is 2.07. The second kappa shape index (κ2) is 10.7. The molecular formula is C28H36N4O2. The summed E-state index contributed by atoms with van der Waals surface area (Å²) in [5.41, 5.74) is 8.42. The quantitative estimate of drug-likeness (QED) is 0.298. The van der Waals surface area contributed by atoms with Gasteiger partial charge in [-0.05, 0) is 75.9 Å². The van der Waals surface area contributed by atoms with Crippen LogP contribution in [0.25, 0.3) is 16.6 Å². The van der Waals surface area contributed by atoms with E-state index in [4.69, 9.17) is 9.72 Å². The number of ether oxygens (including phenoxy) is 1. The Kier molecular flexibility index (Phi) is 7.92. The second-order valence-corrected chi connectivity index (χ2v) is 8.83. The molecule has 0 saturated heterocycles. The highest BCUT2D eigenvalue weighted by atomic mass is 16.5. The average Bonchev–Trinajstić information content (AvgIpc) is 3.12. The van der Waals surface area contributed by atoms with Crippen molar-refractivity contribution in [2.24, 2.45) is 7.05 Å². The number of fused-ring (bicyclic) bond motifs is 1. The van der Waals surface area contributed by atoms with Crippen LogP contribution in [0.5, 0.6) is 0 Å². The Labute approximate surface area is 202 Å². The molecule has 180 valence electrons. The van der Waals surface area contributed by atoms with Crippen LogP contribution in [-0.4, -0.2) is 27.6 Å². The minimum atomic E-state index is -0.218. The van der Waals surface area contributed by atoms with E-state index in [9.17, 15) is 4.79 Å². The van der Waals surface area contributed by atoms with Crippen molar-refractivity contribution in [3.05, 3.63) is 69.8 Å². The SMILES string of the molecule is CCC/C(OC)=C(\C(C)=C(\C)CC)c1cc(C(=O)Nc2nc3ccc(C)cc3n2C)cc(C)n1. The Morgan fingerprint density at radius 3 is 2.47 bits per heavy atom. The van der Waals surface area contributed by atoms with Gasteiger partial charge in [-0.3, -0.25) is 15.1 Å². The molecule has 0 atom stereocenters. The van der Waals surface area contributed by atoms with Gasteiger partial charge in [0.25, 0.3) is 5.91 Å². The Bertz CT molecular complexity index is 1280. The van der Waals surface area contributed by atoms with Gasteiger partial charge < -0.3 is 9.30 Å². The lowest BCUT2D eigenvalue weighted by molar-refractivity contribution is 0.102. The van der Waals surface area contributed by atoms with E-state index in [1.807, 2.05) is 43.7 Å². The third kappa shape index (κ3) is 5.22. The number of carbonyl (C=O) groups excluding carboxylic acids is 1. The fourth-order valence-corrected chi connectivity index (χ4v) is 4.09. The maximum atomic E-state index is 13.3. The number of nitrogens with one attached hydrogen (secondary N) is 1. The van der Waals surface area contributed by atoms with E-state index in [2.05, 4.69) is 44.1 Å². The molecule has 6 heteroatoms. The van der Waals surface area contributed by atoms with Crippen molar-refractivity contribution in [3.63, 3.8) is 0 Å². The summed E-state index contributed by atoms with van der Waals surface area (Å²) in [7, 11) is 3.61. The van der Waals surface area contributed by atoms with Crippen LogP contribution in [0.3, 0.4) is 0 Å². The smallest absolute Gasteiger partial charge is 0.258 e. The average molecular weight is 461 g/mol. The molecule has 0 unspecified atom stereocenters. The molecule has 0 fully saturated rings. The number of amides is 1. The number of aromatic nitrogens is 3. The van der Waals surface area contributed by atoms with Crippen LogP contribution in [-0.2, 0) is 11.8 Å². The molecular weight excluding hydrogens is 424 g/mol. The van der Waals surface area contributed by atoms with Crippen LogP contribution in [0.1, 0.15) is 74.3 Å². The molecule has 1 amide bonds. The predicted octanol–water partition coefficient (Wildman–Crippen LogP) is 6.74. The molecule has 1 N–H and O–H groups in total. The van der Waals surface area contributed by atoms with Crippen LogP contribution in [0, 0.1) is 13.8 Å². The van der Waals surface area contributed by atoms with Gasteiger partial charge in [-0.15, -0.1) is 0 Å². The minimum Gasteiger partial charge on any atom is -0.500 e. The van der Waals surface area contributed by atoms with E-state index in [0.29, 0.717) is 11.5 Å². The van der Waals surface area contributed by atoms with Crippen molar-refractivity contribution in [1.82, 2.24) is 14.5 Å². The molecule has 0 spiro atoms. The van der Waals surface area contributed by atoms with Gasteiger partial charge in [0.1, 0.15) is 5.76 Å². The topological polar surface area (TPSA) is 69.0 Å². The lowest BCUT2D eigenvalue weighted by Gasteiger charge is -2.18. The number of rotatable bonds is 8. The molecule has 6 nitrogen and oxygen atoms in total.